The van der Waals surface area contributed by atoms with E-state index in [2.05, 4.69) is 15.9 Å². The second-order valence-electron chi connectivity index (χ2n) is 2.50. The number of hydrogen-bond donors (Lipinski definition) is 0. The number of nitro groups is 1. The number of ether oxygens (including phenoxy) is 1. The van der Waals surface area contributed by atoms with Crippen molar-refractivity contribution in [1.29, 1.82) is 0 Å². The van der Waals surface area contributed by atoms with Gasteiger partial charge in [-0.05, 0) is 34.5 Å². The van der Waals surface area contributed by atoms with Crippen molar-refractivity contribution in [3.8, 4) is 5.75 Å². The first-order chi connectivity index (χ1) is 6.07. The molecule has 0 atom stereocenters. The molecule has 1 aromatic rings. The van der Waals surface area contributed by atoms with Crippen LogP contribution < -0.4 is 4.74 Å². The van der Waals surface area contributed by atoms with Crippen LogP contribution in [0.4, 0.5) is 5.69 Å². The number of nitrogens with zero attached hydrogens (tertiary/aromatic N) is 1. The van der Waals surface area contributed by atoms with Crippen LogP contribution in [0.25, 0.3) is 0 Å². The van der Waals surface area contributed by atoms with Gasteiger partial charge >= 0.3 is 5.69 Å². The summed E-state index contributed by atoms with van der Waals surface area (Å²) in [5.41, 5.74) is 0.787. The Hall–Kier alpha value is -1.10. The lowest BCUT2D eigenvalue weighted by Gasteiger charge is -2.04. The Morgan fingerprint density at radius 2 is 2.15 bits per heavy atom. The van der Waals surface area contributed by atoms with Crippen LogP contribution in [0.5, 0.6) is 5.75 Å². The van der Waals surface area contributed by atoms with Crippen molar-refractivity contribution < 1.29 is 9.66 Å². The molecule has 13 heavy (non-hydrogen) atoms. The summed E-state index contributed by atoms with van der Waals surface area (Å²) in [5, 5.41) is 10.6. The second kappa shape index (κ2) is 3.74. The number of benzene rings is 1. The maximum Gasteiger partial charge on any atom is 0.325 e. The third-order valence-electron chi connectivity index (χ3n) is 1.67. The van der Waals surface area contributed by atoms with Crippen LogP contribution >= 0.6 is 15.9 Å². The topological polar surface area (TPSA) is 52.4 Å². The molecule has 0 unspecified atom stereocenters. The standard InChI is InChI=1S/C8H8BrNO3/c1-5-3-4-6(13-2)8(7(5)9)10(11)12/h3-4H,1-2H3. The molecular formula is C8H8BrNO3. The van der Waals surface area contributed by atoms with Crippen LogP contribution in [0.15, 0.2) is 16.6 Å². The van der Waals surface area contributed by atoms with Crippen LogP contribution in [0.1, 0.15) is 5.56 Å². The summed E-state index contributed by atoms with van der Waals surface area (Å²) >= 11 is 3.15. The summed E-state index contributed by atoms with van der Waals surface area (Å²) in [6.07, 6.45) is 0. The summed E-state index contributed by atoms with van der Waals surface area (Å²) < 4.78 is 5.34. The molecule has 0 aliphatic carbocycles. The van der Waals surface area contributed by atoms with E-state index >= 15 is 0 Å². The van der Waals surface area contributed by atoms with Crippen molar-refractivity contribution >= 4 is 21.6 Å². The van der Waals surface area contributed by atoms with E-state index in [-0.39, 0.29) is 11.4 Å². The molecule has 0 bridgehead atoms. The predicted octanol–water partition coefficient (Wildman–Crippen LogP) is 2.67. The Bertz CT molecular complexity index is 351. The maximum absolute atomic E-state index is 10.6. The summed E-state index contributed by atoms with van der Waals surface area (Å²) in [6, 6.07) is 3.34. The lowest BCUT2D eigenvalue weighted by atomic mass is 10.2. The highest BCUT2D eigenvalue weighted by Crippen LogP contribution is 2.36. The molecule has 0 aromatic heterocycles. The molecule has 0 amide bonds. The fourth-order valence-corrected chi connectivity index (χ4v) is 1.45. The zero-order valence-corrected chi connectivity index (χ0v) is 8.79. The SMILES string of the molecule is COc1ccc(C)c(Br)c1[N+](=O)[O-]. The minimum absolute atomic E-state index is 0.0255. The van der Waals surface area contributed by atoms with Crippen LogP contribution in [-0.2, 0) is 0 Å². The fraction of sp³-hybridized carbons (Fsp3) is 0.250. The highest BCUT2D eigenvalue weighted by molar-refractivity contribution is 9.10. The average molecular weight is 246 g/mol. The van der Waals surface area contributed by atoms with Crippen LogP contribution in [0.3, 0.4) is 0 Å². The van der Waals surface area contributed by atoms with Gasteiger partial charge in [-0.25, -0.2) is 0 Å². The Kier molecular flexibility index (Phi) is 2.87. The first kappa shape index (κ1) is 9.98. The number of hydrogen-bond acceptors (Lipinski definition) is 3. The van der Waals surface area contributed by atoms with Gasteiger partial charge in [-0.1, -0.05) is 6.07 Å². The van der Waals surface area contributed by atoms with Crippen molar-refractivity contribution in [2.75, 3.05) is 7.11 Å². The van der Waals surface area contributed by atoms with Crippen molar-refractivity contribution in [1.82, 2.24) is 0 Å². The molecule has 0 aliphatic heterocycles. The Morgan fingerprint density at radius 3 is 2.62 bits per heavy atom. The molecule has 0 spiro atoms. The first-order valence-electron chi connectivity index (χ1n) is 3.55. The van der Waals surface area contributed by atoms with E-state index in [4.69, 9.17) is 4.74 Å². The van der Waals surface area contributed by atoms with Gasteiger partial charge in [0.25, 0.3) is 0 Å². The molecule has 70 valence electrons. The van der Waals surface area contributed by atoms with Gasteiger partial charge in [0.05, 0.1) is 12.0 Å². The Labute approximate surface area is 83.8 Å². The second-order valence-corrected chi connectivity index (χ2v) is 3.30. The normalized spacial score (nSPS) is 9.77. The molecule has 0 radical (unpaired) electrons. The number of halogens is 1. The van der Waals surface area contributed by atoms with Crippen molar-refractivity contribution in [3.05, 3.63) is 32.3 Å². The number of nitro benzene ring substituents is 1. The van der Waals surface area contributed by atoms with Crippen LogP contribution in [0, 0.1) is 17.0 Å². The molecule has 1 rings (SSSR count). The number of aryl methyl sites for hydroxylation is 1. The molecule has 4 nitrogen and oxygen atoms in total. The van der Waals surface area contributed by atoms with E-state index < -0.39 is 4.92 Å². The minimum atomic E-state index is -0.462. The van der Waals surface area contributed by atoms with Crippen LogP contribution in [-0.4, -0.2) is 12.0 Å². The minimum Gasteiger partial charge on any atom is -0.490 e. The summed E-state index contributed by atoms with van der Waals surface area (Å²) in [5.74, 6) is 0.266. The molecule has 0 saturated heterocycles. The first-order valence-corrected chi connectivity index (χ1v) is 4.34. The van der Waals surface area contributed by atoms with Gasteiger partial charge in [-0.3, -0.25) is 10.1 Å². The third-order valence-corrected chi connectivity index (χ3v) is 2.68. The predicted molar refractivity (Wildman–Crippen MR) is 52.1 cm³/mol. The molecule has 1 aromatic carbocycles. The zero-order chi connectivity index (χ0) is 10.0. The largest absolute Gasteiger partial charge is 0.490 e. The van der Waals surface area contributed by atoms with E-state index in [1.165, 1.54) is 7.11 Å². The van der Waals surface area contributed by atoms with Gasteiger partial charge in [0.15, 0.2) is 5.75 Å². The van der Waals surface area contributed by atoms with E-state index in [0.717, 1.165) is 5.56 Å². The summed E-state index contributed by atoms with van der Waals surface area (Å²) in [4.78, 5) is 10.2. The summed E-state index contributed by atoms with van der Waals surface area (Å²) in [6.45, 7) is 1.79. The van der Waals surface area contributed by atoms with E-state index in [9.17, 15) is 10.1 Å². The number of rotatable bonds is 2. The van der Waals surface area contributed by atoms with Gasteiger partial charge in [0, 0.05) is 0 Å². The molecular weight excluding hydrogens is 238 g/mol. The molecule has 0 N–H and O–H groups in total. The van der Waals surface area contributed by atoms with E-state index in [1.54, 1.807) is 19.1 Å². The summed E-state index contributed by atoms with van der Waals surface area (Å²) in [7, 11) is 1.41. The van der Waals surface area contributed by atoms with Gasteiger partial charge in [-0.15, -0.1) is 0 Å². The van der Waals surface area contributed by atoms with Gasteiger partial charge in [0.1, 0.15) is 4.47 Å². The Morgan fingerprint density at radius 1 is 1.54 bits per heavy atom. The fourth-order valence-electron chi connectivity index (χ4n) is 0.983. The molecule has 5 heteroatoms. The highest BCUT2D eigenvalue weighted by Gasteiger charge is 2.20. The monoisotopic (exact) mass is 245 g/mol. The van der Waals surface area contributed by atoms with E-state index in [1.807, 2.05) is 0 Å². The molecule has 0 fully saturated rings. The average Bonchev–Trinajstić information content (AvgIpc) is 2.08. The van der Waals surface area contributed by atoms with Gasteiger partial charge < -0.3 is 4.74 Å². The van der Waals surface area contributed by atoms with Crippen molar-refractivity contribution in [2.45, 2.75) is 6.92 Å². The molecule has 0 saturated carbocycles. The highest BCUT2D eigenvalue weighted by atomic mass is 79.9. The Balaban J connectivity index is 3.41. The lowest BCUT2D eigenvalue weighted by Crippen LogP contribution is -1.95. The van der Waals surface area contributed by atoms with Crippen molar-refractivity contribution in [3.63, 3.8) is 0 Å². The smallest absolute Gasteiger partial charge is 0.325 e. The van der Waals surface area contributed by atoms with Crippen molar-refractivity contribution in [2.24, 2.45) is 0 Å². The van der Waals surface area contributed by atoms with E-state index in [0.29, 0.717) is 4.47 Å². The number of methoxy groups -OCH3 is 1. The third kappa shape index (κ3) is 1.80. The van der Waals surface area contributed by atoms with Crippen LogP contribution in [0.2, 0.25) is 0 Å². The molecule has 0 aliphatic rings. The lowest BCUT2D eigenvalue weighted by molar-refractivity contribution is -0.386. The quantitative estimate of drug-likeness (QED) is 0.595. The van der Waals surface area contributed by atoms with Gasteiger partial charge in [-0.2, -0.15) is 0 Å². The van der Waals surface area contributed by atoms with Gasteiger partial charge in [0.2, 0.25) is 0 Å². The molecule has 0 heterocycles. The maximum atomic E-state index is 10.6. The zero-order valence-electron chi connectivity index (χ0n) is 7.20.